The van der Waals surface area contributed by atoms with Crippen molar-refractivity contribution in [2.24, 2.45) is 5.92 Å². The van der Waals surface area contributed by atoms with Gasteiger partial charge in [-0.25, -0.2) is 9.59 Å². The molecule has 0 aliphatic heterocycles. The summed E-state index contributed by atoms with van der Waals surface area (Å²) in [4.78, 5) is 24.6. The molecule has 1 rings (SSSR count). The van der Waals surface area contributed by atoms with Gasteiger partial charge in [-0.2, -0.15) is 0 Å². The lowest BCUT2D eigenvalue weighted by atomic mass is 10.2. The Labute approximate surface area is 114 Å². The average Bonchev–Trinajstić information content (AvgIpc) is 2.91. The smallest absolute Gasteiger partial charge is 0.410 e. The summed E-state index contributed by atoms with van der Waals surface area (Å²) in [6.45, 7) is 8.39. The molecule has 0 bridgehead atoms. The fourth-order valence-electron chi connectivity index (χ4n) is 1.51. The standard InChI is InChI=1S/C13H25N3O3/c1-9-8-10(9)15-11(17)14-6-7-16(5)12(18)19-13(2,3)4/h9-10H,6-8H2,1-5H3,(H2,14,15,17)/t9-,10+/m1/s1. The lowest BCUT2D eigenvalue weighted by Gasteiger charge is -2.24. The maximum Gasteiger partial charge on any atom is 0.410 e. The highest BCUT2D eigenvalue weighted by atomic mass is 16.6. The van der Waals surface area contributed by atoms with Crippen LogP contribution in [0.25, 0.3) is 0 Å². The number of urea groups is 1. The van der Waals surface area contributed by atoms with Crippen molar-refractivity contribution >= 4 is 12.1 Å². The first-order valence-electron chi connectivity index (χ1n) is 6.67. The topological polar surface area (TPSA) is 70.7 Å². The van der Waals surface area contributed by atoms with Crippen LogP contribution in [0.1, 0.15) is 34.1 Å². The summed E-state index contributed by atoms with van der Waals surface area (Å²) in [5.41, 5.74) is -0.502. The highest BCUT2D eigenvalue weighted by molar-refractivity contribution is 5.74. The Morgan fingerprint density at radius 1 is 1.37 bits per heavy atom. The summed E-state index contributed by atoms with van der Waals surface area (Å²) in [6.07, 6.45) is 0.663. The molecule has 0 heterocycles. The summed E-state index contributed by atoms with van der Waals surface area (Å²) in [6, 6.07) is 0.135. The van der Waals surface area contributed by atoms with Crippen LogP contribution in [-0.2, 0) is 4.74 Å². The largest absolute Gasteiger partial charge is 0.444 e. The Morgan fingerprint density at radius 2 is 1.95 bits per heavy atom. The van der Waals surface area contributed by atoms with E-state index in [1.807, 2.05) is 20.8 Å². The molecule has 0 unspecified atom stereocenters. The third kappa shape index (κ3) is 6.31. The van der Waals surface area contributed by atoms with Crippen LogP contribution in [0.15, 0.2) is 0 Å². The van der Waals surface area contributed by atoms with Crippen molar-refractivity contribution < 1.29 is 14.3 Å². The predicted molar refractivity (Wildman–Crippen MR) is 73.0 cm³/mol. The molecule has 0 radical (unpaired) electrons. The van der Waals surface area contributed by atoms with E-state index < -0.39 is 5.60 Å². The van der Waals surface area contributed by atoms with Crippen LogP contribution in [0.3, 0.4) is 0 Å². The van der Waals surface area contributed by atoms with Crippen LogP contribution in [0.2, 0.25) is 0 Å². The van der Waals surface area contributed by atoms with Crippen molar-refractivity contribution in [1.29, 1.82) is 0 Å². The van der Waals surface area contributed by atoms with E-state index in [0.717, 1.165) is 6.42 Å². The zero-order valence-corrected chi connectivity index (χ0v) is 12.4. The van der Waals surface area contributed by atoms with E-state index in [2.05, 4.69) is 17.6 Å². The molecule has 0 aromatic rings. The number of hydrogen-bond donors (Lipinski definition) is 2. The van der Waals surface area contributed by atoms with Crippen LogP contribution in [0, 0.1) is 5.92 Å². The zero-order chi connectivity index (χ0) is 14.6. The summed E-state index contributed by atoms with van der Waals surface area (Å²) in [5, 5.41) is 5.58. The highest BCUT2D eigenvalue weighted by Crippen LogP contribution is 2.28. The Balaban J connectivity index is 2.14. The molecule has 3 amide bonds. The molecule has 2 atom stereocenters. The summed E-state index contributed by atoms with van der Waals surface area (Å²) >= 11 is 0. The average molecular weight is 271 g/mol. The third-order valence-corrected chi connectivity index (χ3v) is 2.86. The zero-order valence-electron chi connectivity index (χ0n) is 12.4. The molecule has 0 aromatic carbocycles. The van der Waals surface area contributed by atoms with Gasteiger partial charge in [0.1, 0.15) is 5.60 Å². The SMILES string of the molecule is C[C@@H]1C[C@@H]1NC(=O)NCCN(C)C(=O)OC(C)(C)C. The minimum Gasteiger partial charge on any atom is -0.444 e. The van der Waals surface area contributed by atoms with Gasteiger partial charge in [-0.1, -0.05) is 6.92 Å². The van der Waals surface area contributed by atoms with Crippen molar-refractivity contribution in [2.45, 2.75) is 45.8 Å². The number of hydrogen-bond acceptors (Lipinski definition) is 3. The first kappa shape index (κ1) is 15.6. The third-order valence-electron chi connectivity index (χ3n) is 2.86. The van der Waals surface area contributed by atoms with Gasteiger partial charge in [0.25, 0.3) is 0 Å². The van der Waals surface area contributed by atoms with Crippen molar-refractivity contribution in [3.05, 3.63) is 0 Å². The number of rotatable bonds is 4. The lowest BCUT2D eigenvalue weighted by Crippen LogP contribution is -2.43. The van der Waals surface area contributed by atoms with Crippen LogP contribution in [-0.4, -0.2) is 48.8 Å². The Bertz CT molecular complexity index is 339. The Morgan fingerprint density at radius 3 is 2.42 bits per heavy atom. The quantitative estimate of drug-likeness (QED) is 0.815. The number of nitrogens with one attached hydrogen (secondary N) is 2. The number of carbonyl (C=O) groups is 2. The molecule has 0 saturated heterocycles. The molecule has 0 spiro atoms. The summed E-state index contributed by atoms with van der Waals surface area (Å²) < 4.78 is 5.20. The van der Waals surface area contributed by atoms with Crippen LogP contribution < -0.4 is 10.6 Å². The molecular formula is C13H25N3O3. The number of likely N-dealkylation sites (N-methyl/N-ethyl adjacent to an activating group) is 1. The molecule has 110 valence electrons. The molecule has 1 aliphatic rings. The molecule has 1 saturated carbocycles. The van der Waals surface area contributed by atoms with Gasteiger partial charge >= 0.3 is 12.1 Å². The van der Waals surface area contributed by atoms with E-state index >= 15 is 0 Å². The van der Waals surface area contributed by atoms with Crippen molar-refractivity contribution in [1.82, 2.24) is 15.5 Å². The second-order valence-electron chi connectivity index (χ2n) is 6.12. The minimum atomic E-state index is -0.502. The lowest BCUT2D eigenvalue weighted by molar-refractivity contribution is 0.0301. The number of ether oxygens (including phenoxy) is 1. The van der Waals surface area contributed by atoms with Gasteiger partial charge < -0.3 is 20.3 Å². The maximum atomic E-state index is 11.6. The molecule has 0 aromatic heterocycles. The molecule has 2 N–H and O–H groups in total. The fraction of sp³-hybridized carbons (Fsp3) is 0.846. The van der Waals surface area contributed by atoms with E-state index in [4.69, 9.17) is 4.74 Å². The number of amides is 3. The van der Waals surface area contributed by atoms with Crippen LogP contribution in [0.4, 0.5) is 9.59 Å². The van der Waals surface area contributed by atoms with Gasteiger partial charge in [0.15, 0.2) is 0 Å². The number of carbonyl (C=O) groups excluding carboxylic acids is 2. The van der Waals surface area contributed by atoms with Gasteiger partial charge in [-0.15, -0.1) is 0 Å². The summed E-state index contributed by atoms with van der Waals surface area (Å²) in [7, 11) is 1.65. The van der Waals surface area contributed by atoms with E-state index in [1.165, 1.54) is 4.90 Å². The van der Waals surface area contributed by atoms with Gasteiger partial charge in [-0.3, -0.25) is 0 Å². The first-order valence-corrected chi connectivity index (χ1v) is 6.67. The molecule has 1 fully saturated rings. The van der Waals surface area contributed by atoms with E-state index in [0.29, 0.717) is 25.0 Å². The first-order chi connectivity index (χ1) is 8.69. The summed E-state index contributed by atoms with van der Waals surface area (Å²) in [5.74, 6) is 0.579. The monoisotopic (exact) mass is 271 g/mol. The van der Waals surface area contributed by atoms with Gasteiger partial charge in [-0.05, 0) is 33.1 Å². The molecule has 6 heteroatoms. The maximum absolute atomic E-state index is 11.6. The second-order valence-corrected chi connectivity index (χ2v) is 6.12. The van der Waals surface area contributed by atoms with Crippen LogP contribution >= 0.6 is 0 Å². The van der Waals surface area contributed by atoms with Crippen molar-refractivity contribution in [3.63, 3.8) is 0 Å². The van der Waals surface area contributed by atoms with Gasteiger partial charge in [0.05, 0.1) is 0 Å². The molecule has 6 nitrogen and oxygen atoms in total. The number of nitrogens with zero attached hydrogens (tertiary/aromatic N) is 1. The Kier molecular flexibility index (Phi) is 5.03. The Hall–Kier alpha value is -1.46. The van der Waals surface area contributed by atoms with Crippen molar-refractivity contribution in [2.75, 3.05) is 20.1 Å². The van der Waals surface area contributed by atoms with E-state index in [9.17, 15) is 9.59 Å². The van der Waals surface area contributed by atoms with E-state index in [1.54, 1.807) is 7.05 Å². The van der Waals surface area contributed by atoms with Crippen LogP contribution in [0.5, 0.6) is 0 Å². The van der Waals surface area contributed by atoms with Crippen molar-refractivity contribution in [3.8, 4) is 0 Å². The molecular weight excluding hydrogens is 246 g/mol. The normalized spacial score (nSPS) is 21.5. The second kappa shape index (κ2) is 6.12. The highest BCUT2D eigenvalue weighted by Gasteiger charge is 2.33. The fourth-order valence-corrected chi connectivity index (χ4v) is 1.51. The molecule has 19 heavy (non-hydrogen) atoms. The predicted octanol–water partition coefficient (Wildman–Crippen LogP) is 1.56. The van der Waals surface area contributed by atoms with Gasteiger partial charge in [0.2, 0.25) is 0 Å². The minimum absolute atomic E-state index is 0.174. The molecule has 1 aliphatic carbocycles. The van der Waals surface area contributed by atoms with E-state index in [-0.39, 0.29) is 12.1 Å². The van der Waals surface area contributed by atoms with Gasteiger partial charge in [0, 0.05) is 26.2 Å².